The first-order valence-electron chi connectivity index (χ1n) is 6.20. The Morgan fingerprint density at radius 3 is 2.43 bits per heavy atom. The highest BCUT2D eigenvalue weighted by Crippen LogP contribution is 2.23. The minimum absolute atomic E-state index is 0.0314. The highest BCUT2D eigenvalue weighted by molar-refractivity contribution is 9.10. The molecule has 2 heterocycles. The van der Waals surface area contributed by atoms with Gasteiger partial charge in [0.25, 0.3) is 10.0 Å². The minimum atomic E-state index is -3.66. The van der Waals surface area contributed by atoms with Crippen molar-refractivity contribution in [1.82, 2.24) is 24.2 Å². The second-order valence-corrected chi connectivity index (χ2v) is 7.17. The van der Waals surface area contributed by atoms with Gasteiger partial charge >= 0.3 is 5.97 Å². The SMILES string of the molecule is COC(=O)CN1CCN(S(=O)(=O)c2c(Br)nnn2C)CC1. The van der Waals surface area contributed by atoms with E-state index >= 15 is 0 Å². The van der Waals surface area contributed by atoms with Crippen LogP contribution < -0.4 is 0 Å². The quantitative estimate of drug-likeness (QED) is 0.620. The van der Waals surface area contributed by atoms with Crippen molar-refractivity contribution in [3.05, 3.63) is 4.60 Å². The molecular weight excluding hydrogens is 366 g/mol. The first kappa shape index (κ1) is 16.3. The molecule has 21 heavy (non-hydrogen) atoms. The van der Waals surface area contributed by atoms with Crippen molar-refractivity contribution >= 4 is 31.9 Å². The number of halogens is 1. The van der Waals surface area contributed by atoms with Crippen molar-refractivity contribution < 1.29 is 17.9 Å². The third-order valence-electron chi connectivity index (χ3n) is 3.23. The number of carbonyl (C=O) groups excluding carboxylic acids is 1. The maximum atomic E-state index is 12.6. The number of aryl methyl sites for hydroxylation is 1. The zero-order valence-corrected chi connectivity index (χ0v) is 14.1. The Kier molecular flexibility index (Phi) is 4.96. The summed E-state index contributed by atoms with van der Waals surface area (Å²) in [4.78, 5) is 13.1. The molecule has 0 aliphatic carbocycles. The van der Waals surface area contributed by atoms with E-state index in [1.54, 1.807) is 0 Å². The summed E-state index contributed by atoms with van der Waals surface area (Å²) >= 11 is 3.10. The van der Waals surface area contributed by atoms with E-state index < -0.39 is 10.0 Å². The highest BCUT2D eigenvalue weighted by atomic mass is 79.9. The zero-order valence-electron chi connectivity index (χ0n) is 11.7. The number of nitrogens with zero attached hydrogens (tertiary/aromatic N) is 5. The molecule has 0 radical (unpaired) electrons. The molecule has 1 aliphatic heterocycles. The van der Waals surface area contributed by atoms with Crippen LogP contribution in [0.2, 0.25) is 0 Å². The number of ether oxygens (including phenoxy) is 1. The van der Waals surface area contributed by atoms with E-state index in [0.29, 0.717) is 26.2 Å². The number of hydrogen-bond donors (Lipinski definition) is 0. The third-order valence-corrected chi connectivity index (χ3v) is 6.02. The molecular formula is C10H16BrN5O4S. The lowest BCUT2D eigenvalue weighted by atomic mass is 10.3. The first-order valence-corrected chi connectivity index (χ1v) is 8.44. The van der Waals surface area contributed by atoms with Crippen LogP contribution >= 0.6 is 15.9 Å². The van der Waals surface area contributed by atoms with Gasteiger partial charge in [-0.15, -0.1) is 5.10 Å². The maximum absolute atomic E-state index is 12.6. The smallest absolute Gasteiger partial charge is 0.319 e. The van der Waals surface area contributed by atoms with Gasteiger partial charge in [-0.05, 0) is 15.9 Å². The van der Waals surface area contributed by atoms with Gasteiger partial charge in [0.05, 0.1) is 13.7 Å². The molecule has 1 aliphatic rings. The van der Waals surface area contributed by atoms with E-state index in [4.69, 9.17) is 0 Å². The molecule has 9 nitrogen and oxygen atoms in total. The molecule has 1 aromatic heterocycles. The van der Waals surface area contributed by atoms with E-state index in [1.165, 1.54) is 23.1 Å². The Labute approximate surface area is 131 Å². The maximum Gasteiger partial charge on any atom is 0.319 e. The van der Waals surface area contributed by atoms with Crippen LogP contribution in [0, 0.1) is 0 Å². The van der Waals surface area contributed by atoms with Gasteiger partial charge in [-0.25, -0.2) is 13.1 Å². The van der Waals surface area contributed by atoms with Gasteiger partial charge in [0.1, 0.15) is 0 Å². The molecule has 0 N–H and O–H groups in total. The van der Waals surface area contributed by atoms with Gasteiger partial charge in [-0.3, -0.25) is 9.69 Å². The van der Waals surface area contributed by atoms with Gasteiger partial charge in [-0.2, -0.15) is 4.31 Å². The monoisotopic (exact) mass is 381 g/mol. The van der Waals surface area contributed by atoms with Gasteiger partial charge < -0.3 is 4.74 Å². The van der Waals surface area contributed by atoms with E-state index in [0.717, 1.165) is 0 Å². The summed E-state index contributed by atoms with van der Waals surface area (Å²) in [6.07, 6.45) is 0. The second-order valence-electron chi connectivity index (χ2n) is 4.57. The Bertz CT molecular complexity index is 604. The summed E-state index contributed by atoms with van der Waals surface area (Å²) in [7, 11) is -0.801. The second kappa shape index (κ2) is 6.38. The van der Waals surface area contributed by atoms with Crippen LogP contribution in [-0.4, -0.2) is 78.4 Å². The number of carbonyl (C=O) groups is 1. The number of rotatable bonds is 4. The number of aromatic nitrogens is 3. The molecule has 0 bridgehead atoms. The van der Waals surface area contributed by atoms with Crippen LogP contribution in [-0.2, 0) is 26.6 Å². The van der Waals surface area contributed by atoms with Crippen molar-refractivity contribution in [3.63, 3.8) is 0 Å². The van der Waals surface area contributed by atoms with Crippen molar-refractivity contribution in [3.8, 4) is 0 Å². The minimum Gasteiger partial charge on any atom is -0.468 e. The highest BCUT2D eigenvalue weighted by Gasteiger charge is 2.33. The lowest BCUT2D eigenvalue weighted by Crippen LogP contribution is -2.50. The van der Waals surface area contributed by atoms with Crippen molar-refractivity contribution in [2.75, 3.05) is 39.8 Å². The number of hydrogen-bond acceptors (Lipinski definition) is 7. The Balaban J connectivity index is 2.07. The summed E-state index contributed by atoms with van der Waals surface area (Å²) < 4.78 is 32.5. The number of sulfonamides is 1. The van der Waals surface area contributed by atoms with Crippen LogP contribution in [0.1, 0.15) is 0 Å². The van der Waals surface area contributed by atoms with Gasteiger partial charge in [0.2, 0.25) is 5.03 Å². The standard InChI is InChI=1S/C10H16BrN5O4S/c1-14-10(9(11)12-13-14)21(18,19)16-5-3-15(4-6-16)7-8(17)20-2/h3-7H2,1-2H3. The summed E-state index contributed by atoms with van der Waals surface area (Å²) in [5, 5.41) is 7.41. The number of methoxy groups -OCH3 is 1. The number of piperazine rings is 1. The van der Waals surface area contributed by atoms with Crippen LogP contribution in [0.3, 0.4) is 0 Å². The van der Waals surface area contributed by atoms with E-state index in [1.807, 2.05) is 4.90 Å². The lowest BCUT2D eigenvalue weighted by molar-refractivity contribution is -0.142. The molecule has 11 heteroatoms. The fourth-order valence-electron chi connectivity index (χ4n) is 2.09. The Morgan fingerprint density at radius 1 is 1.33 bits per heavy atom. The molecule has 2 rings (SSSR count). The van der Waals surface area contributed by atoms with E-state index in [2.05, 4.69) is 31.0 Å². The molecule has 118 valence electrons. The topological polar surface area (TPSA) is 97.6 Å². The molecule has 1 aromatic rings. The third kappa shape index (κ3) is 3.42. The molecule has 1 fully saturated rings. The molecule has 0 unspecified atom stereocenters. The summed E-state index contributed by atoms with van der Waals surface area (Å²) in [5.74, 6) is -0.329. The molecule has 0 atom stereocenters. The predicted molar refractivity (Wildman–Crippen MR) is 75.9 cm³/mol. The lowest BCUT2D eigenvalue weighted by Gasteiger charge is -2.32. The van der Waals surface area contributed by atoms with Crippen molar-refractivity contribution in [2.45, 2.75) is 5.03 Å². The average molecular weight is 382 g/mol. The van der Waals surface area contributed by atoms with E-state index in [-0.39, 0.29) is 22.1 Å². The predicted octanol–water partition coefficient (Wildman–Crippen LogP) is -0.943. The summed E-state index contributed by atoms with van der Waals surface area (Å²) in [5.41, 5.74) is 0. The number of esters is 1. The fraction of sp³-hybridized carbons (Fsp3) is 0.700. The van der Waals surface area contributed by atoms with Gasteiger partial charge in [0, 0.05) is 33.2 Å². The normalized spacial score (nSPS) is 17.9. The van der Waals surface area contributed by atoms with Crippen molar-refractivity contribution in [2.24, 2.45) is 7.05 Å². The fourth-order valence-corrected chi connectivity index (χ4v) is 4.55. The zero-order chi connectivity index (χ0) is 15.6. The molecule has 0 amide bonds. The van der Waals surface area contributed by atoms with Crippen LogP contribution in [0.5, 0.6) is 0 Å². The van der Waals surface area contributed by atoms with Crippen LogP contribution in [0.25, 0.3) is 0 Å². The molecule has 0 spiro atoms. The van der Waals surface area contributed by atoms with Crippen molar-refractivity contribution in [1.29, 1.82) is 0 Å². The van der Waals surface area contributed by atoms with Crippen LogP contribution in [0.15, 0.2) is 9.63 Å². The summed E-state index contributed by atoms with van der Waals surface area (Å²) in [6, 6.07) is 0. The van der Waals surface area contributed by atoms with Gasteiger partial charge in [-0.1, -0.05) is 5.21 Å². The molecule has 0 aromatic carbocycles. The largest absolute Gasteiger partial charge is 0.468 e. The summed E-state index contributed by atoms with van der Waals surface area (Å²) in [6.45, 7) is 1.71. The molecule has 1 saturated heterocycles. The van der Waals surface area contributed by atoms with Crippen LogP contribution in [0.4, 0.5) is 0 Å². The Morgan fingerprint density at radius 2 is 1.95 bits per heavy atom. The van der Waals surface area contributed by atoms with Gasteiger partial charge in [0.15, 0.2) is 4.60 Å². The first-order chi connectivity index (χ1) is 9.86. The van der Waals surface area contributed by atoms with E-state index in [9.17, 15) is 13.2 Å². The Hall–Kier alpha value is -1.04. The average Bonchev–Trinajstić information content (AvgIpc) is 2.79. The molecule has 0 saturated carbocycles.